The second-order valence-electron chi connectivity index (χ2n) is 5.03. The lowest BCUT2D eigenvalue weighted by atomic mass is 10.2. The third-order valence-corrected chi connectivity index (χ3v) is 3.75. The molecule has 0 aliphatic carbocycles. The van der Waals surface area contributed by atoms with E-state index in [2.05, 4.69) is 5.32 Å². The maximum Gasteiger partial charge on any atom is 0.315 e. The molecule has 7 heteroatoms. The van der Waals surface area contributed by atoms with Crippen molar-refractivity contribution < 1.29 is 9.72 Å². The molecular formula is C14H20N4O3. The lowest BCUT2D eigenvalue weighted by Gasteiger charge is -2.23. The van der Waals surface area contributed by atoms with Gasteiger partial charge in [-0.15, -0.1) is 0 Å². The molecule has 2 rings (SSSR count). The number of carbonyl (C=O) groups excluding carboxylic acids is 1. The zero-order valence-electron chi connectivity index (χ0n) is 12.3. The molecule has 1 aliphatic rings. The lowest BCUT2D eigenvalue weighted by Crippen LogP contribution is -2.33. The van der Waals surface area contributed by atoms with Crippen LogP contribution in [0.1, 0.15) is 13.3 Å². The van der Waals surface area contributed by atoms with Crippen LogP contribution in [-0.2, 0) is 4.79 Å². The Labute approximate surface area is 123 Å². The van der Waals surface area contributed by atoms with Crippen molar-refractivity contribution in [2.45, 2.75) is 13.3 Å². The number of hydrogen-bond donors (Lipinski definition) is 1. The Hall–Kier alpha value is -2.31. The van der Waals surface area contributed by atoms with Crippen molar-refractivity contribution in [3.05, 3.63) is 28.3 Å². The van der Waals surface area contributed by atoms with Crippen LogP contribution in [0.15, 0.2) is 18.2 Å². The van der Waals surface area contributed by atoms with Crippen LogP contribution in [-0.4, -0.2) is 49.0 Å². The van der Waals surface area contributed by atoms with Gasteiger partial charge in [0.1, 0.15) is 11.4 Å². The molecule has 1 aromatic carbocycles. The summed E-state index contributed by atoms with van der Waals surface area (Å²) in [5.41, 5.74) is 1.21. The van der Waals surface area contributed by atoms with E-state index < -0.39 is 0 Å². The molecular weight excluding hydrogens is 272 g/mol. The maximum absolute atomic E-state index is 11.5. The van der Waals surface area contributed by atoms with Crippen molar-refractivity contribution in [1.82, 2.24) is 4.90 Å². The number of nitrogens with zero attached hydrogens (tertiary/aromatic N) is 3. The Kier molecular flexibility index (Phi) is 4.62. The average molecular weight is 292 g/mol. The second kappa shape index (κ2) is 6.43. The van der Waals surface area contributed by atoms with Crippen LogP contribution in [0.4, 0.5) is 17.1 Å². The topological polar surface area (TPSA) is 78.7 Å². The Bertz CT molecular complexity index is 547. The van der Waals surface area contributed by atoms with Gasteiger partial charge in [-0.25, -0.2) is 0 Å². The van der Waals surface area contributed by atoms with Gasteiger partial charge >= 0.3 is 5.69 Å². The van der Waals surface area contributed by atoms with E-state index in [1.807, 2.05) is 11.0 Å². The zero-order valence-corrected chi connectivity index (χ0v) is 12.3. The fourth-order valence-corrected chi connectivity index (χ4v) is 2.65. The molecule has 1 fully saturated rings. The van der Waals surface area contributed by atoms with E-state index in [4.69, 9.17) is 0 Å². The van der Waals surface area contributed by atoms with Crippen LogP contribution < -0.4 is 10.2 Å². The van der Waals surface area contributed by atoms with Crippen LogP contribution in [0.25, 0.3) is 0 Å². The first-order chi connectivity index (χ1) is 10.0. The highest BCUT2D eigenvalue weighted by atomic mass is 16.6. The number of nitrogens with one attached hydrogen (secondary N) is 1. The number of amides is 1. The second-order valence-corrected chi connectivity index (χ2v) is 5.03. The van der Waals surface area contributed by atoms with E-state index >= 15 is 0 Å². The molecule has 21 heavy (non-hydrogen) atoms. The summed E-state index contributed by atoms with van der Waals surface area (Å²) in [6, 6.07) is 5.27. The number of hydrogen-bond acceptors (Lipinski definition) is 5. The molecule has 0 unspecified atom stereocenters. The Morgan fingerprint density at radius 1 is 1.29 bits per heavy atom. The molecule has 1 aromatic rings. The number of para-hydroxylation sites is 1. The first-order valence-electron chi connectivity index (χ1n) is 7.00. The quantitative estimate of drug-likeness (QED) is 0.677. The molecule has 0 radical (unpaired) electrons. The molecule has 0 aromatic heterocycles. The normalized spacial score (nSPS) is 15.5. The van der Waals surface area contributed by atoms with Crippen molar-refractivity contribution in [3.8, 4) is 0 Å². The third-order valence-electron chi connectivity index (χ3n) is 3.75. The highest BCUT2D eigenvalue weighted by molar-refractivity contribution is 5.77. The van der Waals surface area contributed by atoms with E-state index in [-0.39, 0.29) is 16.5 Å². The molecule has 114 valence electrons. The van der Waals surface area contributed by atoms with Gasteiger partial charge in [0.25, 0.3) is 0 Å². The maximum atomic E-state index is 11.5. The first kappa shape index (κ1) is 15.1. The summed E-state index contributed by atoms with van der Waals surface area (Å²) in [7, 11) is 1.67. The SMILES string of the molecule is CNc1cccc(N2CCCN(C(C)=O)CC2)c1[N+](=O)[O-]. The smallest absolute Gasteiger partial charge is 0.315 e. The highest BCUT2D eigenvalue weighted by Crippen LogP contribution is 2.35. The minimum atomic E-state index is -0.352. The van der Waals surface area contributed by atoms with Crippen molar-refractivity contribution in [3.63, 3.8) is 0 Å². The zero-order chi connectivity index (χ0) is 15.4. The largest absolute Gasteiger partial charge is 0.382 e. The number of anilines is 2. The van der Waals surface area contributed by atoms with E-state index in [0.29, 0.717) is 37.6 Å². The molecule has 7 nitrogen and oxygen atoms in total. The van der Waals surface area contributed by atoms with Crippen molar-refractivity contribution >= 4 is 23.0 Å². The molecule has 1 heterocycles. The van der Waals surface area contributed by atoms with Gasteiger partial charge in [0.15, 0.2) is 0 Å². The molecule has 0 bridgehead atoms. The molecule has 1 N–H and O–H groups in total. The van der Waals surface area contributed by atoms with Gasteiger partial charge in [-0.2, -0.15) is 0 Å². The van der Waals surface area contributed by atoms with Gasteiger partial charge in [-0.05, 0) is 18.6 Å². The standard InChI is InChI=1S/C14H20N4O3/c1-11(19)16-7-4-8-17(10-9-16)13-6-3-5-12(15-2)14(13)18(20)21/h3,5-6,15H,4,7-10H2,1-2H3. The minimum absolute atomic E-state index is 0.0512. The van der Waals surface area contributed by atoms with Crippen LogP contribution in [0.3, 0.4) is 0 Å². The Morgan fingerprint density at radius 3 is 2.67 bits per heavy atom. The molecule has 1 saturated heterocycles. The lowest BCUT2D eigenvalue weighted by molar-refractivity contribution is -0.383. The summed E-state index contributed by atoms with van der Waals surface area (Å²) in [6.07, 6.45) is 0.806. The molecule has 1 aliphatic heterocycles. The van der Waals surface area contributed by atoms with Gasteiger partial charge in [0.05, 0.1) is 4.92 Å². The summed E-state index contributed by atoms with van der Waals surface area (Å²) in [4.78, 5) is 26.3. The monoisotopic (exact) mass is 292 g/mol. The number of nitro benzene ring substituents is 1. The van der Waals surface area contributed by atoms with Gasteiger partial charge in [0.2, 0.25) is 5.91 Å². The van der Waals surface area contributed by atoms with Crippen molar-refractivity contribution in [1.29, 1.82) is 0 Å². The number of carbonyl (C=O) groups is 1. The summed E-state index contributed by atoms with van der Waals surface area (Å²) < 4.78 is 0. The predicted octanol–water partition coefficient (Wildman–Crippen LogP) is 1.70. The number of nitro groups is 1. The first-order valence-corrected chi connectivity index (χ1v) is 7.00. The third kappa shape index (κ3) is 3.24. The summed E-state index contributed by atoms with van der Waals surface area (Å²) in [6.45, 7) is 4.16. The molecule has 1 amide bonds. The van der Waals surface area contributed by atoms with Crippen LogP contribution in [0.5, 0.6) is 0 Å². The van der Waals surface area contributed by atoms with E-state index in [9.17, 15) is 14.9 Å². The van der Waals surface area contributed by atoms with Crippen LogP contribution >= 0.6 is 0 Å². The predicted molar refractivity (Wildman–Crippen MR) is 81.7 cm³/mol. The van der Waals surface area contributed by atoms with E-state index in [1.165, 1.54) is 0 Å². The molecule has 0 spiro atoms. The Morgan fingerprint density at radius 2 is 2.05 bits per heavy atom. The Balaban J connectivity index is 2.29. The average Bonchev–Trinajstić information content (AvgIpc) is 2.72. The van der Waals surface area contributed by atoms with E-state index in [0.717, 1.165) is 6.42 Å². The van der Waals surface area contributed by atoms with Gasteiger partial charge in [0, 0.05) is 40.2 Å². The van der Waals surface area contributed by atoms with Gasteiger partial charge in [-0.1, -0.05) is 6.07 Å². The minimum Gasteiger partial charge on any atom is -0.382 e. The van der Waals surface area contributed by atoms with Crippen LogP contribution in [0, 0.1) is 10.1 Å². The fraction of sp³-hybridized carbons (Fsp3) is 0.500. The van der Waals surface area contributed by atoms with Crippen LogP contribution in [0.2, 0.25) is 0 Å². The summed E-state index contributed by atoms with van der Waals surface area (Å²) >= 11 is 0. The van der Waals surface area contributed by atoms with Gasteiger partial charge in [-0.3, -0.25) is 14.9 Å². The highest BCUT2D eigenvalue weighted by Gasteiger charge is 2.25. The van der Waals surface area contributed by atoms with Gasteiger partial charge < -0.3 is 15.1 Å². The van der Waals surface area contributed by atoms with Crippen molar-refractivity contribution in [2.24, 2.45) is 0 Å². The number of benzene rings is 1. The summed E-state index contributed by atoms with van der Waals surface area (Å²) in [5.74, 6) is 0.0512. The van der Waals surface area contributed by atoms with Crippen molar-refractivity contribution in [2.75, 3.05) is 43.4 Å². The number of rotatable bonds is 3. The molecule has 0 saturated carbocycles. The summed E-state index contributed by atoms with van der Waals surface area (Å²) in [5, 5.41) is 14.2. The fourth-order valence-electron chi connectivity index (χ4n) is 2.65. The van der Waals surface area contributed by atoms with E-state index in [1.54, 1.807) is 31.0 Å². The molecule has 0 atom stereocenters.